The molecule has 0 spiro atoms. The van der Waals surface area contributed by atoms with Crippen molar-refractivity contribution in [3.05, 3.63) is 53.9 Å². The number of nitrogens with zero attached hydrogens (tertiary/aromatic N) is 1. The van der Waals surface area contributed by atoms with Crippen LogP contribution in [0.5, 0.6) is 0 Å². The van der Waals surface area contributed by atoms with Crippen LogP contribution < -0.4 is 0 Å². The normalized spacial score (nSPS) is 10.2. The predicted molar refractivity (Wildman–Crippen MR) is 56.5 cm³/mol. The van der Waals surface area contributed by atoms with Gasteiger partial charge in [0, 0.05) is 18.0 Å². The van der Waals surface area contributed by atoms with Gasteiger partial charge in [-0.1, -0.05) is 6.07 Å². The predicted octanol–water partition coefficient (Wildman–Crippen LogP) is 2.73. The van der Waals surface area contributed by atoms with Crippen LogP contribution in [0.25, 0.3) is 11.1 Å². The fraction of sp³-hybridized carbons (Fsp3) is 0. The van der Waals surface area contributed by atoms with E-state index in [9.17, 15) is 13.6 Å². The average Bonchev–Trinajstić information content (AvgIpc) is 2.29. The van der Waals surface area contributed by atoms with Crippen LogP contribution in [0.1, 0.15) is 10.4 Å². The van der Waals surface area contributed by atoms with Crippen molar-refractivity contribution in [2.24, 2.45) is 0 Å². The summed E-state index contributed by atoms with van der Waals surface area (Å²) in [7, 11) is 0. The molecule has 0 aliphatic heterocycles. The van der Waals surface area contributed by atoms with Gasteiger partial charge in [-0.15, -0.1) is 0 Å². The van der Waals surface area contributed by atoms with Gasteiger partial charge in [-0.3, -0.25) is 4.98 Å². The van der Waals surface area contributed by atoms with E-state index < -0.39 is 17.6 Å². The van der Waals surface area contributed by atoms with Crippen LogP contribution in [0, 0.1) is 11.6 Å². The first kappa shape index (κ1) is 11.2. The lowest BCUT2D eigenvalue weighted by Crippen LogP contribution is -1.98. The number of hydrogen-bond donors (Lipinski definition) is 1. The van der Waals surface area contributed by atoms with Crippen molar-refractivity contribution in [3.63, 3.8) is 0 Å². The molecule has 3 nitrogen and oxygen atoms in total. The van der Waals surface area contributed by atoms with Crippen LogP contribution in [-0.2, 0) is 0 Å². The van der Waals surface area contributed by atoms with Gasteiger partial charge in [-0.2, -0.15) is 0 Å². The molecule has 0 saturated heterocycles. The van der Waals surface area contributed by atoms with Gasteiger partial charge in [0.15, 0.2) is 0 Å². The molecule has 0 unspecified atom stereocenters. The molecule has 1 heterocycles. The zero-order chi connectivity index (χ0) is 12.4. The minimum absolute atomic E-state index is 0.0977. The average molecular weight is 235 g/mol. The highest BCUT2D eigenvalue weighted by Gasteiger charge is 2.13. The third-order valence-corrected chi connectivity index (χ3v) is 2.24. The van der Waals surface area contributed by atoms with Gasteiger partial charge in [0.1, 0.15) is 11.6 Å². The van der Waals surface area contributed by atoms with Crippen LogP contribution in [0.2, 0.25) is 0 Å². The lowest BCUT2D eigenvalue weighted by Gasteiger charge is -2.05. The highest BCUT2D eigenvalue weighted by Crippen LogP contribution is 2.25. The third kappa shape index (κ3) is 2.13. The molecular weight excluding hydrogens is 228 g/mol. The molecule has 86 valence electrons. The van der Waals surface area contributed by atoms with Gasteiger partial charge >= 0.3 is 5.97 Å². The Bertz CT molecular complexity index is 564. The molecular formula is C12H7F2NO2. The van der Waals surface area contributed by atoms with Crippen molar-refractivity contribution < 1.29 is 18.7 Å². The third-order valence-electron chi connectivity index (χ3n) is 2.24. The van der Waals surface area contributed by atoms with E-state index >= 15 is 0 Å². The van der Waals surface area contributed by atoms with Gasteiger partial charge in [0.05, 0.1) is 11.1 Å². The Morgan fingerprint density at radius 2 is 1.82 bits per heavy atom. The molecule has 0 bridgehead atoms. The van der Waals surface area contributed by atoms with Crippen LogP contribution in [0.15, 0.2) is 36.7 Å². The molecule has 0 saturated carbocycles. The van der Waals surface area contributed by atoms with Crippen molar-refractivity contribution >= 4 is 5.97 Å². The highest BCUT2D eigenvalue weighted by atomic mass is 19.1. The summed E-state index contributed by atoms with van der Waals surface area (Å²) >= 11 is 0. The Labute approximate surface area is 95.4 Å². The molecule has 17 heavy (non-hydrogen) atoms. The smallest absolute Gasteiger partial charge is 0.337 e. The number of carbonyl (C=O) groups is 1. The number of pyridine rings is 1. The van der Waals surface area contributed by atoms with Crippen molar-refractivity contribution in [3.8, 4) is 11.1 Å². The minimum Gasteiger partial charge on any atom is -0.478 e. The molecule has 0 radical (unpaired) electrons. The monoisotopic (exact) mass is 235 g/mol. The van der Waals surface area contributed by atoms with E-state index in [0.29, 0.717) is 0 Å². The summed E-state index contributed by atoms with van der Waals surface area (Å²) in [6.45, 7) is 0. The molecule has 0 fully saturated rings. The standard InChI is InChI=1S/C12H7F2NO2/c13-9-2-1-3-10(14)11(9)7-4-8(12(16)17)6-15-5-7/h1-6H,(H,16,17). The van der Waals surface area contributed by atoms with Crippen LogP contribution in [0.4, 0.5) is 8.78 Å². The molecule has 0 atom stereocenters. The SMILES string of the molecule is O=C(O)c1cncc(-c2c(F)cccc2F)c1. The van der Waals surface area contributed by atoms with Crippen LogP contribution in [-0.4, -0.2) is 16.1 Å². The van der Waals surface area contributed by atoms with Gasteiger partial charge in [0.2, 0.25) is 0 Å². The molecule has 1 aromatic heterocycles. The summed E-state index contributed by atoms with van der Waals surface area (Å²) in [5.74, 6) is -2.71. The highest BCUT2D eigenvalue weighted by molar-refractivity contribution is 5.88. The zero-order valence-electron chi connectivity index (χ0n) is 8.52. The fourth-order valence-electron chi connectivity index (χ4n) is 1.47. The number of carboxylic acid groups (broad SMARTS) is 1. The van der Waals surface area contributed by atoms with Gasteiger partial charge in [0.25, 0.3) is 0 Å². The lowest BCUT2D eigenvalue weighted by atomic mass is 10.0. The molecule has 1 N–H and O–H groups in total. The number of aromatic carboxylic acids is 1. The maximum atomic E-state index is 13.5. The van der Waals surface area contributed by atoms with Crippen molar-refractivity contribution in [2.45, 2.75) is 0 Å². The Morgan fingerprint density at radius 3 is 2.41 bits per heavy atom. The first-order valence-corrected chi connectivity index (χ1v) is 4.72. The zero-order valence-corrected chi connectivity index (χ0v) is 8.52. The number of halogens is 2. The van der Waals surface area contributed by atoms with E-state index in [1.54, 1.807) is 0 Å². The maximum Gasteiger partial charge on any atom is 0.337 e. The lowest BCUT2D eigenvalue weighted by molar-refractivity contribution is 0.0696. The summed E-state index contributed by atoms with van der Waals surface area (Å²) in [4.78, 5) is 14.4. The summed E-state index contributed by atoms with van der Waals surface area (Å²) < 4.78 is 26.9. The Morgan fingerprint density at radius 1 is 1.18 bits per heavy atom. The van der Waals surface area contributed by atoms with E-state index in [4.69, 9.17) is 5.11 Å². The molecule has 2 rings (SSSR count). The van der Waals surface area contributed by atoms with Crippen LogP contribution >= 0.6 is 0 Å². The van der Waals surface area contributed by atoms with Gasteiger partial charge in [-0.25, -0.2) is 13.6 Å². The molecule has 0 aliphatic carbocycles. The summed E-state index contributed by atoms with van der Waals surface area (Å²) in [5.41, 5.74) is -0.297. The molecule has 2 aromatic rings. The largest absolute Gasteiger partial charge is 0.478 e. The minimum atomic E-state index is -1.20. The van der Waals surface area contributed by atoms with E-state index in [2.05, 4.69) is 4.98 Å². The first-order chi connectivity index (χ1) is 8.09. The second-order valence-electron chi connectivity index (χ2n) is 3.36. The fourth-order valence-corrected chi connectivity index (χ4v) is 1.47. The second-order valence-corrected chi connectivity index (χ2v) is 3.36. The van der Waals surface area contributed by atoms with E-state index in [1.807, 2.05) is 0 Å². The summed E-state index contributed by atoms with van der Waals surface area (Å²) in [6, 6.07) is 4.62. The van der Waals surface area contributed by atoms with E-state index in [0.717, 1.165) is 18.3 Å². The number of aromatic nitrogens is 1. The Kier molecular flexibility index (Phi) is 2.82. The number of carboxylic acids is 1. The molecule has 0 amide bonds. The van der Waals surface area contributed by atoms with Crippen LogP contribution in [0.3, 0.4) is 0 Å². The molecule has 5 heteroatoms. The number of benzene rings is 1. The van der Waals surface area contributed by atoms with Gasteiger partial charge in [-0.05, 0) is 18.2 Å². The Balaban J connectivity index is 2.61. The first-order valence-electron chi connectivity index (χ1n) is 4.72. The van der Waals surface area contributed by atoms with Crippen molar-refractivity contribution in [1.82, 2.24) is 4.98 Å². The van der Waals surface area contributed by atoms with Gasteiger partial charge < -0.3 is 5.11 Å². The maximum absolute atomic E-state index is 13.5. The quantitative estimate of drug-likeness (QED) is 0.870. The van der Waals surface area contributed by atoms with Crippen molar-refractivity contribution in [1.29, 1.82) is 0 Å². The van der Waals surface area contributed by atoms with E-state index in [-0.39, 0.29) is 16.7 Å². The van der Waals surface area contributed by atoms with E-state index in [1.165, 1.54) is 18.3 Å². The number of rotatable bonds is 2. The second kappa shape index (κ2) is 4.29. The molecule has 0 aliphatic rings. The number of hydrogen-bond acceptors (Lipinski definition) is 2. The Hall–Kier alpha value is -2.30. The molecule has 1 aromatic carbocycles. The van der Waals surface area contributed by atoms with Crippen molar-refractivity contribution in [2.75, 3.05) is 0 Å². The summed E-state index contributed by atoms with van der Waals surface area (Å²) in [5, 5.41) is 8.77. The summed E-state index contributed by atoms with van der Waals surface area (Å²) in [6.07, 6.45) is 2.33. The topological polar surface area (TPSA) is 50.2 Å².